The number of amides is 1. The molecule has 6 nitrogen and oxygen atoms in total. The third kappa shape index (κ3) is 5.09. The predicted octanol–water partition coefficient (Wildman–Crippen LogP) is 4.03. The van der Waals surface area contributed by atoms with Crippen LogP contribution in [0.25, 0.3) is 0 Å². The Kier molecular flexibility index (Phi) is 6.36. The molecule has 1 aliphatic heterocycles. The summed E-state index contributed by atoms with van der Waals surface area (Å²) in [6.07, 6.45) is -0.309. The van der Waals surface area contributed by atoms with Gasteiger partial charge in [0.05, 0.1) is 17.1 Å². The van der Waals surface area contributed by atoms with Gasteiger partial charge in [-0.05, 0) is 61.2 Å². The highest BCUT2D eigenvalue weighted by Gasteiger charge is 2.32. The fourth-order valence-corrected chi connectivity index (χ4v) is 5.10. The Balaban J connectivity index is 1.71. The van der Waals surface area contributed by atoms with Crippen LogP contribution in [0, 0.1) is 0 Å². The van der Waals surface area contributed by atoms with Crippen LogP contribution in [0.4, 0.5) is 5.69 Å². The molecule has 162 valence electrons. The number of anilines is 1. The normalized spacial score (nSPS) is 20.7. The molecule has 2 atom stereocenters. The van der Waals surface area contributed by atoms with Crippen LogP contribution < -0.4 is 5.32 Å². The van der Waals surface area contributed by atoms with Gasteiger partial charge in [-0.25, -0.2) is 8.42 Å². The monoisotopic (exact) mass is 430 g/mol. The molecule has 0 spiro atoms. The van der Waals surface area contributed by atoms with E-state index in [1.165, 1.54) is 22.0 Å². The molecule has 7 heteroatoms. The van der Waals surface area contributed by atoms with Crippen molar-refractivity contribution < 1.29 is 17.9 Å². The molecule has 0 aliphatic carbocycles. The summed E-state index contributed by atoms with van der Waals surface area (Å²) in [5.74, 6) is -0.281. The molecule has 0 saturated carbocycles. The second kappa shape index (κ2) is 8.49. The highest BCUT2D eigenvalue weighted by molar-refractivity contribution is 7.89. The van der Waals surface area contributed by atoms with Gasteiger partial charge in [0.25, 0.3) is 5.91 Å². The van der Waals surface area contributed by atoms with E-state index in [-0.39, 0.29) is 28.4 Å². The lowest BCUT2D eigenvalue weighted by atomic mass is 9.87. The lowest BCUT2D eigenvalue weighted by Gasteiger charge is -2.34. The van der Waals surface area contributed by atoms with Crippen LogP contribution in [0.3, 0.4) is 0 Å². The van der Waals surface area contributed by atoms with Gasteiger partial charge in [-0.1, -0.05) is 32.9 Å². The van der Waals surface area contributed by atoms with Gasteiger partial charge in [-0.15, -0.1) is 0 Å². The van der Waals surface area contributed by atoms with Gasteiger partial charge in [-0.2, -0.15) is 4.31 Å². The van der Waals surface area contributed by atoms with E-state index in [9.17, 15) is 13.2 Å². The van der Waals surface area contributed by atoms with Crippen molar-refractivity contribution in [1.29, 1.82) is 0 Å². The number of hydrogen-bond donors (Lipinski definition) is 1. The number of nitrogens with one attached hydrogen (secondary N) is 1. The first-order valence-corrected chi connectivity index (χ1v) is 11.6. The van der Waals surface area contributed by atoms with E-state index in [1.807, 2.05) is 38.1 Å². The Labute approximate surface area is 179 Å². The van der Waals surface area contributed by atoms with Crippen molar-refractivity contribution >= 4 is 21.6 Å². The summed E-state index contributed by atoms with van der Waals surface area (Å²) in [5.41, 5.74) is 2.32. The third-order valence-corrected chi connectivity index (χ3v) is 7.00. The average Bonchev–Trinajstić information content (AvgIpc) is 2.67. The Hall–Kier alpha value is -2.22. The number of nitrogens with zero attached hydrogens (tertiary/aromatic N) is 1. The van der Waals surface area contributed by atoms with Crippen molar-refractivity contribution in [3.63, 3.8) is 0 Å². The molecule has 1 saturated heterocycles. The van der Waals surface area contributed by atoms with E-state index in [4.69, 9.17) is 4.74 Å². The molecule has 0 aromatic heterocycles. The number of sulfonamides is 1. The maximum absolute atomic E-state index is 12.9. The maximum atomic E-state index is 12.9. The molecule has 0 bridgehead atoms. The highest BCUT2D eigenvalue weighted by Crippen LogP contribution is 2.24. The zero-order chi connectivity index (χ0) is 22.1. The molecule has 30 heavy (non-hydrogen) atoms. The predicted molar refractivity (Wildman–Crippen MR) is 118 cm³/mol. The van der Waals surface area contributed by atoms with Crippen molar-refractivity contribution in [2.45, 2.75) is 57.1 Å². The van der Waals surface area contributed by atoms with E-state index in [0.29, 0.717) is 24.3 Å². The average molecular weight is 431 g/mol. The van der Waals surface area contributed by atoms with Gasteiger partial charge >= 0.3 is 0 Å². The van der Waals surface area contributed by atoms with Gasteiger partial charge in [0.2, 0.25) is 10.0 Å². The Morgan fingerprint density at radius 2 is 1.50 bits per heavy atom. The first-order chi connectivity index (χ1) is 14.0. The molecule has 1 aliphatic rings. The van der Waals surface area contributed by atoms with E-state index < -0.39 is 10.0 Å². The zero-order valence-electron chi connectivity index (χ0n) is 18.2. The first kappa shape index (κ1) is 22.5. The summed E-state index contributed by atoms with van der Waals surface area (Å²) < 4.78 is 32.9. The molecule has 3 rings (SSSR count). The maximum Gasteiger partial charge on any atom is 0.255 e. The standard InChI is InChI=1S/C23H30N2O4S/c1-16-14-25(15-17(2)29-16)30(27,28)21-12-6-18(7-13-21)22(26)24-20-10-8-19(9-11-20)23(3,4)5/h6-13,16-17H,14-15H2,1-5H3,(H,24,26)/t16-,17-/m1/s1. The van der Waals surface area contributed by atoms with Gasteiger partial charge < -0.3 is 10.1 Å². The topological polar surface area (TPSA) is 75.7 Å². The quantitative estimate of drug-likeness (QED) is 0.794. The highest BCUT2D eigenvalue weighted by atomic mass is 32.2. The van der Waals surface area contributed by atoms with E-state index >= 15 is 0 Å². The lowest BCUT2D eigenvalue weighted by molar-refractivity contribution is -0.0440. The van der Waals surface area contributed by atoms with Gasteiger partial charge in [0, 0.05) is 24.3 Å². The summed E-state index contributed by atoms with van der Waals surface area (Å²) in [7, 11) is -3.63. The molecule has 0 radical (unpaired) electrons. The van der Waals surface area contributed by atoms with Crippen molar-refractivity contribution in [2.24, 2.45) is 0 Å². The van der Waals surface area contributed by atoms with Crippen LogP contribution in [0.1, 0.15) is 50.5 Å². The molecule has 2 aromatic rings. The fourth-order valence-electron chi connectivity index (χ4n) is 3.51. The minimum Gasteiger partial charge on any atom is -0.373 e. The Morgan fingerprint density at radius 3 is 2.00 bits per heavy atom. The number of morpholine rings is 1. The zero-order valence-corrected chi connectivity index (χ0v) is 19.0. The minimum atomic E-state index is -3.63. The van der Waals surface area contributed by atoms with Gasteiger partial charge in [0.1, 0.15) is 0 Å². The number of ether oxygens (including phenoxy) is 1. The third-order valence-electron chi connectivity index (χ3n) is 5.15. The summed E-state index contributed by atoms with van der Waals surface area (Å²) in [5, 5.41) is 2.85. The first-order valence-electron chi connectivity index (χ1n) is 10.1. The van der Waals surface area contributed by atoms with Crippen LogP contribution in [-0.4, -0.2) is 43.9 Å². The largest absolute Gasteiger partial charge is 0.373 e. The SMILES string of the molecule is C[C@@H]1CN(S(=O)(=O)c2ccc(C(=O)Nc3ccc(C(C)(C)C)cc3)cc2)C[C@@H](C)O1. The van der Waals surface area contributed by atoms with Crippen LogP contribution in [0.5, 0.6) is 0 Å². The second-order valence-electron chi connectivity index (χ2n) is 8.89. The molecule has 0 unspecified atom stereocenters. The van der Waals surface area contributed by atoms with E-state index in [1.54, 1.807) is 12.1 Å². The molecule has 1 amide bonds. The second-order valence-corrected chi connectivity index (χ2v) is 10.8. The van der Waals surface area contributed by atoms with Crippen molar-refractivity contribution in [2.75, 3.05) is 18.4 Å². The number of carbonyl (C=O) groups excluding carboxylic acids is 1. The smallest absolute Gasteiger partial charge is 0.255 e. The van der Waals surface area contributed by atoms with Gasteiger partial charge in [0.15, 0.2) is 0 Å². The Bertz CT molecular complexity index is 983. The molecule has 2 aromatic carbocycles. The van der Waals surface area contributed by atoms with E-state index in [2.05, 4.69) is 26.1 Å². The van der Waals surface area contributed by atoms with Gasteiger partial charge in [-0.3, -0.25) is 4.79 Å². The number of benzene rings is 2. The molecular weight excluding hydrogens is 400 g/mol. The number of hydrogen-bond acceptors (Lipinski definition) is 4. The minimum absolute atomic E-state index is 0.0416. The van der Waals surface area contributed by atoms with Crippen LogP contribution >= 0.6 is 0 Å². The molecule has 1 fully saturated rings. The Morgan fingerprint density at radius 1 is 0.967 bits per heavy atom. The van der Waals surface area contributed by atoms with Crippen molar-refractivity contribution in [3.05, 3.63) is 59.7 Å². The van der Waals surface area contributed by atoms with Crippen molar-refractivity contribution in [1.82, 2.24) is 4.31 Å². The fraction of sp³-hybridized carbons (Fsp3) is 0.435. The summed E-state index contributed by atoms with van der Waals surface area (Å²) >= 11 is 0. The number of carbonyl (C=O) groups is 1. The summed E-state index contributed by atoms with van der Waals surface area (Å²) in [6.45, 7) is 10.8. The van der Waals surface area contributed by atoms with Crippen LogP contribution in [-0.2, 0) is 20.2 Å². The van der Waals surface area contributed by atoms with Crippen molar-refractivity contribution in [3.8, 4) is 0 Å². The lowest BCUT2D eigenvalue weighted by Crippen LogP contribution is -2.48. The van der Waals surface area contributed by atoms with Crippen LogP contribution in [0.15, 0.2) is 53.4 Å². The van der Waals surface area contributed by atoms with E-state index in [0.717, 1.165) is 0 Å². The molecular formula is C23H30N2O4S. The van der Waals surface area contributed by atoms with Crippen LogP contribution in [0.2, 0.25) is 0 Å². The molecule has 1 N–H and O–H groups in total. The summed E-state index contributed by atoms with van der Waals surface area (Å²) in [6, 6.07) is 13.8. The molecule has 1 heterocycles. The summed E-state index contributed by atoms with van der Waals surface area (Å²) in [4.78, 5) is 12.7. The number of rotatable bonds is 4.